The monoisotopic (exact) mass is 231 g/mol. The molecule has 3 nitrogen and oxygen atoms in total. The fourth-order valence-electron chi connectivity index (χ4n) is 1.70. The normalized spacial score (nSPS) is 15.1. The van der Waals surface area contributed by atoms with Crippen LogP contribution < -0.4 is 0 Å². The van der Waals surface area contributed by atoms with Gasteiger partial charge in [-0.15, -0.1) is 0 Å². The van der Waals surface area contributed by atoms with E-state index in [2.05, 4.69) is 0 Å². The number of carbonyl (C=O) groups is 1. The summed E-state index contributed by atoms with van der Waals surface area (Å²) in [7, 11) is 0. The number of rotatable bonds is 0. The summed E-state index contributed by atoms with van der Waals surface area (Å²) in [4.78, 5) is 11.7. The second-order valence-electron chi connectivity index (χ2n) is 3.61. The number of benzene rings is 1. The number of hydrogen-bond donors (Lipinski definition) is 1. The zero-order valence-electron chi connectivity index (χ0n) is 8.08. The Morgan fingerprint density at radius 3 is 2.50 bits per heavy atom. The van der Waals surface area contributed by atoms with Crippen molar-refractivity contribution >= 4 is 5.91 Å². The number of phenolic OH excluding ortho intramolecular Hbond substituents is 1. The van der Waals surface area contributed by atoms with Crippen LogP contribution in [0, 0.1) is 0 Å². The lowest BCUT2D eigenvalue weighted by atomic mass is 10.1. The molecule has 0 saturated carbocycles. The van der Waals surface area contributed by atoms with Gasteiger partial charge in [0.15, 0.2) is 0 Å². The van der Waals surface area contributed by atoms with Gasteiger partial charge in [-0.2, -0.15) is 13.2 Å². The topological polar surface area (TPSA) is 40.5 Å². The van der Waals surface area contributed by atoms with Gasteiger partial charge in [0.05, 0.1) is 0 Å². The molecule has 0 aromatic heterocycles. The summed E-state index contributed by atoms with van der Waals surface area (Å²) >= 11 is 0. The van der Waals surface area contributed by atoms with Gasteiger partial charge in [0.2, 0.25) is 0 Å². The number of halogens is 3. The fourth-order valence-corrected chi connectivity index (χ4v) is 1.70. The van der Waals surface area contributed by atoms with Crippen molar-refractivity contribution in [2.45, 2.75) is 19.3 Å². The van der Waals surface area contributed by atoms with Crippen molar-refractivity contribution in [2.75, 3.05) is 0 Å². The molecular weight excluding hydrogens is 223 g/mol. The van der Waals surface area contributed by atoms with Crippen LogP contribution in [0.5, 0.6) is 5.75 Å². The Morgan fingerprint density at radius 1 is 1.25 bits per heavy atom. The van der Waals surface area contributed by atoms with Crippen LogP contribution in [-0.4, -0.2) is 22.1 Å². The van der Waals surface area contributed by atoms with Crippen LogP contribution in [0.1, 0.15) is 11.1 Å². The van der Waals surface area contributed by atoms with Gasteiger partial charge in [-0.25, -0.2) is 0 Å². The molecule has 0 fully saturated rings. The highest BCUT2D eigenvalue weighted by Crippen LogP contribution is 2.29. The largest absolute Gasteiger partial charge is 0.508 e. The fraction of sp³-hybridized carbons (Fsp3) is 0.300. The van der Waals surface area contributed by atoms with E-state index >= 15 is 0 Å². The molecule has 0 unspecified atom stereocenters. The molecule has 1 aliphatic rings. The zero-order chi connectivity index (χ0) is 11.9. The minimum absolute atomic E-state index is 0.0138. The number of alkyl halides is 3. The highest BCUT2D eigenvalue weighted by molar-refractivity contribution is 5.82. The summed E-state index contributed by atoms with van der Waals surface area (Å²) in [6.45, 7) is -0.171. The maximum absolute atomic E-state index is 12.2. The van der Waals surface area contributed by atoms with Gasteiger partial charge in [0.25, 0.3) is 0 Å². The molecule has 86 valence electrons. The second-order valence-corrected chi connectivity index (χ2v) is 3.61. The van der Waals surface area contributed by atoms with Gasteiger partial charge in [0.1, 0.15) is 5.75 Å². The van der Waals surface area contributed by atoms with E-state index in [0.29, 0.717) is 16.0 Å². The molecule has 0 saturated heterocycles. The smallest absolute Gasteiger partial charge is 0.471 e. The number of hydrogen-bond acceptors (Lipinski definition) is 2. The van der Waals surface area contributed by atoms with E-state index in [1.165, 1.54) is 18.2 Å². The molecule has 1 aliphatic heterocycles. The number of amides is 1. The predicted octanol–water partition coefficient (Wildman–Crippen LogP) is 1.80. The van der Waals surface area contributed by atoms with Crippen molar-refractivity contribution in [3.05, 3.63) is 29.3 Å². The molecule has 16 heavy (non-hydrogen) atoms. The van der Waals surface area contributed by atoms with Gasteiger partial charge < -0.3 is 10.0 Å². The number of aromatic hydroxyl groups is 1. The molecular formula is C10H8F3NO2. The minimum atomic E-state index is -4.84. The Labute approximate surface area is 89.1 Å². The third-order valence-electron chi connectivity index (χ3n) is 2.44. The van der Waals surface area contributed by atoms with Gasteiger partial charge in [-0.3, -0.25) is 4.79 Å². The second kappa shape index (κ2) is 3.40. The first kappa shape index (κ1) is 10.8. The summed E-state index contributed by atoms with van der Waals surface area (Å²) in [5.41, 5.74) is 1.19. The minimum Gasteiger partial charge on any atom is -0.508 e. The van der Waals surface area contributed by atoms with Crippen molar-refractivity contribution in [1.82, 2.24) is 4.90 Å². The van der Waals surface area contributed by atoms with Crippen LogP contribution in [0.25, 0.3) is 0 Å². The quantitative estimate of drug-likeness (QED) is 0.739. The van der Waals surface area contributed by atoms with Gasteiger partial charge in [-0.05, 0) is 23.3 Å². The first-order chi connectivity index (χ1) is 7.38. The summed E-state index contributed by atoms with van der Waals surface area (Å²) < 4.78 is 36.5. The lowest BCUT2D eigenvalue weighted by molar-refractivity contribution is -0.186. The van der Waals surface area contributed by atoms with Crippen LogP contribution in [0.2, 0.25) is 0 Å². The zero-order valence-corrected chi connectivity index (χ0v) is 8.08. The summed E-state index contributed by atoms with van der Waals surface area (Å²) in [6.07, 6.45) is -4.84. The molecule has 0 aliphatic carbocycles. The SMILES string of the molecule is O=C(N1Cc2ccc(O)cc2C1)C(F)(F)F. The van der Waals surface area contributed by atoms with E-state index in [-0.39, 0.29) is 18.8 Å². The Kier molecular flexibility index (Phi) is 2.29. The van der Waals surface area contributed by atoms with E-state index < -0.39 is 12.1 Å². The van der Waals surface area contributed by atoms with Crippen LogP contribution in [0.3, 0.4) is 0 Å². The van der Waals surface area contributed by atoms with Crippen molar-refractivity contribution < 1.29 is 23.1 Å². The molecule has 1 aromatic rings. The molecule has 1 aromatic carbocycles. The van der Waals surface area contributed by atoms with Crippen LogP contribution in [-0.2, 0) is 17.9 Å². The van der Waals surface area contributed by atoms with Crippen molar-refractivity contribution in [3.8, 4) is 5.75 Å². The number of fused-ring (bicyclic) bond motifs is 1. The van der Waals surface area contributed by atoms with Crippen LogP contribution in [0.4, 0.5) is 13.2 Å². The van der Waals surface area contributed by atoms with E-state index in [9.17, 15) is 18.0 Å². The van der Waals surface area contributed by atoms with E-state index in [1.54, 1.807) is 0 Å². The molecule has 1 amide bonds. The third-order valence-corrected chi connectivity index (χ3v) is 2.44. The molecule has 1 N–H and O–H groups in total. The van der Waals surface area contributed by atoms with E-state index in [0.717, 1.165) is 0 Å². The first-order valence-corrected chi connectivity index (χ1v) is 4.55. The third kappa shape index (κ3) is 1.82. The maximum atomic E-state index is 12.2. The molecule has 1 heterocycles. The lowest BCUT2D eigenvalue weighted by Gasteiger charge is -2.16. The molecule has 0 atom stereocenters. The molecule has 2 rings (SSSR count). The Hall–Kier alpha value is -1.72. The van der Waals surface area contributed by atoms with Crippen LogP contribution >= 0.6 is 0 Å². The maximum Gasteiger partial charge on any atom is 0.471 e. The number of phenols is 1. The van der Waals surface area contributed by atoms with Crippen molar-refractivity contribution in [1.29, 1.82) is 0 Å². The Morgan fingerprint density at radius 2 is 1.88 bits per heavy atom. The lowest BCUT2D eigenvalue weighted by Crippen LogP contribution is -2.37. The molecule has 0 bridgehead atoms. The van der Waals surface area contributed by atoms with Gasteiger partial charge in [0, 0.05) is 13.1 Å². The highest BCUT2D eigenvalue weighted by Gasteiger charge is 2.43. The summed E-state index contributed by atoms with van der Waals surface area (Å²) in [6, 6.07) is 4.29. The number of nitrogens with zero attached hydrogens (tertiary/aromatic N) is 1. The number of carbonyl (C=O) groups excluding carboxylic acids is 1. The Bertz CT molecular complexity index is 442. The standard InChI is InChI=1S/C10H8F3NO2/c11-10(12,13)9(16)14-4-6-1-2-8(15)3-7(6)5-14/h1-3,15H,4-5H2. The predicted molar refractivity (Wildman–Crippen MR) is 48.4 cm³/mol. The highest BCUT2D eigenvalue weighted by atomic mass is 19.4. The average Bonchev–Trinajstić information content (AvgIpc) is 2.57. The van der Waals surface area contributed by atoms with Crippen molar-refractivity contribution in [2.24, 2.45) is 0 Å². The summed E-state index contributed by atoms with van der Waals surface area (Å²) in [5.74, 6) is -1.86. The first-order valence-electron chi connectivity index (χ1n) is 4.55. The molecule has 6 heteroatoms. The van der Waals surface area contributed by atoms with E-state index in [1.807, 2.05) is 0 Å². The Balaban J connectivity index is 2.20. The van der Waals surface area contributed by atoms with E-state index in [4.69, 9.17) is 5.11 Å². The average molecular weight is 231 g/mol. The molecule has 0 spiro atoms. The molecule has 0 radical (unpaired) electrons. The van der Waals surface area contributed by atoms with Crippen molar-refractivity contribution in [3.63, 3.8) is 0 Å². The van der Waals surface area contributed by atoms with Gasteiger partial charge in [-0.1, -0.05) is 6.07 Å². The van der Waals surface area contributed by atoms with Gasteiger partial charge >= 0.3 is 12.1 Å². The summed E-state index contributed by atoms with van der Waals surface area (Å²) in [5, 5.41) is 9.16. The van der Waals surface area contributed by atoms with Crippen LogP contribution in [0.15, 0.2) is 18.2 Å².